The van der Waals surface area contributed by atoms with E-state index < -0.39 is 5.54 Å². The first-order valence-electron chi connectivity index (χ1n) is 9.47. The quantitative estimate of drug-likeness (QED) is 0.860. The maximum absolute atomic E-state index is 12.5. The lowest BCUT2D eigenvalue weighted by Gasteiger charge is -2.29. The number of nitriles is 1. The normalized spacial score (nSPS) is 23.1. The third kappa shape index (κ3) is 3.72. The first-order valence-corrected chi connectivity index (χ1v) is 9.47. The van der Waals surface area contributed by atoms with E-state index in [9.17, 15) is 10.1 Å². The van der Waals surface area contributed by atoms with Crippen molar-refractivity contribution in [3.8, 4) is 6.07 Å². The molecule has 6 nitrogen and oxygen atoms in total. The Hall–Kier alpha value is -1.87. The average Bonchev–Trinajstić information content (AvgIpc) is 3.20. The summed E-state index contributed by atoms with van der Waals surface area (Å²) in [4.78, 5) is 23.1. The summed E-state index contributed by atoms with van der Waals surface area (Å²) in [5, 5.41) is 12.3. The van der Waals surface area contributed by atoms with Gasteiger partial charge in [0.1, 0.15) is 11.4 Å². The van der Waals surface area contributed by atoms with Crippen LogP contribution < -0.4 is 5.32 Å². The molecule has 2 heterocycles. The van der Waals surface area contributed by atoms with Gasteiger partial charge >= 0.3 is 0 Å². The molecule has 136 valence electrons. The predicted octanol–water partition coefficient (Wildman–Crippen LogP) is 2.48. The molecule has 0 aromatic carbocycles. The van der Waals surface area contributed by atoms with Crippen LogP contribution in [-0.2, 0) is 17.6 Å². The second-order valence-electron chi connectivity index (χ2n) is 7.90. The number of amides is 1. The third-order valence-corrected chi connectivity index (χ3v) is 5.79. The van der Waals surface area contributed by atoms with E-state index >= 15 is 0 Å². The zero-order valence-electron chi connectivity index (χ0n) is 15.6. The van der Waals surface area contributed by atoms with Crippen LogP contribution in [0.2, 0.25) is 0 Å². The molecule has 3 rings (SSSR count). The monoisotopic (exact) mass is 343 g/mol. The van der Waals surface area contributed by atoms with Crippen molar-refractivity contribution >= 4 is 5.91 Å². The fourth-order valence-electron chi connectivity index (χ4n) is 3.77. The summed E-state index contributed by atoms with van der Waals surface area (Å²) in [6, 6.07) is 2.42. The number of hydrogen-bond acceptors (Lipinski definition) is 4. The highest BCUT2D eigenvalue weighted by Gasteiger charge is 2.34. The highest BCUT2D eigenvalue weighted by atomic mass is 16.2. The lowest BCUT2D eigenvalue weighted by Crippen LogP contribution is -2.51. The van der Waals surface area contributed by atoms with Crippen molar-refractivity contribution in [1.29, 1.82) is 5.26 Å². The number of nitrogens with zero attached hydrogens (tertiary/aromatic N) is 3. The Balaban J connectivity index is 1.67. The number of aromatic amines is 1. The summed E-state index contributed by atoms with van der Waals surface area (Å²) in [5.74, 6) is 0.998. The minimum atomic E-state index is -0.823. The second-order valence-corrected chi connectivity index (χ2v) is 7.90. The van der Waals surface area contributed by atoms with E-state index in [1.807, 2.05) is 13.8 Å². The van der Waals surface area contributed by atoms with Crippen LogP contribution >= 0.6 is 0 Å². The number of H-pyrrole nitrogens is 1. The molecule has 0 spiro atoms. The molecule has 1 aromatic heterocycles. The number of fused-ring (bicyclic) bond motifs is 1. The van der Waals surface area contributed by atoms with Gasteiger partial charge in [-0.2, -0.15) is 5.26 Å². The Morgan fingerprint density at radius 2 is 2.20 bits per heavy atom. The van der Waals surface area contributed by atoms with Crippen molar-refractivity contribution in [2.75, 3.05) is 13.1 Å². The number of imidazole rings is 1. The van der Waals surface area contributed by atoms with Gasteiger partial charge in [0.05, 0.1) is 24.3 Å². The Kier molecular flexibility index (Phi) is 5.14. The number of rotatable bonds is 5. The maximum atomic E-state index is 12.5. The van der Waals surface area contributed by atoms with Gasteiger partial charge in [0.25, 0.3) is 0 Å². The van der Waals surface area contributed by atoms with Crippen molar-refractivity contribution in [1.82, 2.24) is 20.2 Å². The molecule has 2 aliphatic rings. The van der Waals surface area contributed by atoms with Gasteiger partial charge in [0.15, 0.2) is 0 Å². The average molecular weight is 343 g/mol. The third-order valence-electron chi connectivity index (χ3n) is 5.79. The van der Waals surface area contributed by atoms with Gasteiger partial charge in [-0.3, -0.25) is 9.69 Å². The van der Waals surface area contributed by atoms with Gasteiger partial charge in [-0.25, -0.2) is 4.98 Å². The van der Waals surface area contributed by atoms with Crippen molar-refractivity contribution in [3.63, 3.8) is 0 Å². The second kappa shape index (κ2) is 7.17. The Bertz CT molecular complexity index is 650. The fraction of sp³-hybridized carbons (Fsp3) is 0.737. The molecule has 0 unspecified atom stereocenters. The van der Waals surface area contributed by atoms with Gasteiger partial charge in [-0.15, -0.1) is 0 Å². The van der Waals surface area contributed by atoms with E-state index in [-0.39, 0.29) is 17.9 Å². The topological polar surface area (TPSA) is 84.8 Å². The number of carbonyl (C=O) groups is 1. The standard InChI is InChI=1S/C19H29N5O/c1-13(2)19(3,12-20)23-17(25)11-24-10-6-9-16(24)18-21-14-7-4-5-8-15(14)22-18/h13,16H,4-11H2,1-3H3,(H,21,22)(H,23,25)/t16-,19+/m1/s1. The van der Waals surface area contributed by atoms with Gasteiger partial charge in [-0.05, 0) is 57.9 Å². The first kappa shape index (κ1) is 17.9. The first-order chi connectivity index (χ1) is 11.9. The van der Waals surface area contributed by atoms with Gasteiger partial charge in [-0.1, -0.05) is 13.8 Å². The van der Waals surface area contributed by atoms with Crippen molar-refractivity contribution in [2.24, 2.45) is 5.92 Å². The fourth-order valence-corrected chi connectivity index (χ4v) is 3.77. The van der Waals surface area contributed by atoms with Crippen LogP contribution in [-0.4, -0.2) is 39.4 Å². The lowest BCUT2D eigenvalue weighted by atomic mass is 9.90. The molecule has 25 heavy (non-hydrogen) atoms. The largest absolute Gasteiger partial charge is 0.344 e. The maximum Gasteiger partial charge on any atom is 0.235 e. The summed E-state index contributed by atoms with van der Waals surface area (Å²) in [7, 11) is 0. The smallest absolute Gasteiger partial charge is 0.235 e. The molecule has 1 aliphatic carbocycles. The highest BCUT2D eigenvalue weighted by molar-refractivity contribution is 5.79. The van der Waals surface area contributed by atoms with Crippen molar-refractivity contribution in [2.45, 2.75) is 70.9 Å². The van der Waals surface area contributed by atoms with Crippen LogP contribution in [0.15, 0.2) is 0 Å². The van der Waals surface area contributed by atoms with Crippen molar-refractivity contribution < 1.29 is 4.79 Å². The van der Waals surface area contributed by atoms with E-state index in [0.29, 0.717) is 6.54 Å². The molecule has 1 amide bonds. The SMILES string of the molecule is CC(C)[C@](C)(C#N)NC(=O)CN1CCC[C@@H]1c1nc2c([nH]1)CCCC2. The molecule has 1 fully saturated rings. The number of carbonyl (C=O) groups excluding carboxylic acids is 1. The molecule has 1 saturated heterocycles. The lowest BCUT2D eigenvalue weighted by molar-refractivity contribution is -0.124. The van der Waals surface area contributed by atoms with E-state index in [0.717, 1.165) is 38.1 Å². The molecule has 0 radical (unpaired) electrons. The molecule has 2 N–H and O–H groups in total. The molecule has 1 aromatic rings. The molecule has 0 bridgehead atoms. The van der Waals surface area contributed by atoms with Gasteiger partial charge in [0, 0.05) is 5.69 Å². The molecular weight excluding hydrogens is 314 g/mol. The van der Waals surface area contributed by atoms with Gasteiger partial charge in [0.2, 0.25) is 5.91 Å². The summed E-state index contributed by atoms with van der Waals surface area (Å²) in [5.41, 5.74) is 1.68. The zero-order chi connectivity index (χ0) is 18.0. The predicted molar refractivity (Wildman–Crippen MR) is 95.8 cm³/mol. The molecule has 1 aliphatic heterocycles. The Morgan fingerprint density at radius 3 is 2.88 bits per heavy atom. The Morgan fingerprint density at radius 1 is 1.44 bits per heavy atom. The number of likely N-dealkylation sites (tertiary alicyclic amines) is 1. The Labute approximate surface area is 150 Å². The number of hydrogen-bond donors (Lipinski definition) is 2. The number of aryl methyl sites for hydroxylation is 2. The van der Waals surface area contributed by atoms with Crippen LogP contribution in [0.25, 0.3) is 0 Å². The zero-order valence-corrected chi connectivity index (χ0v) is 15.6. The summed E-state index contributed by atoms with van der Waals surface area (Å²) in [6.45, 7) is 6.91. The molecule has 2 atom stereocenters. The van der Waals surface area contributed by atoms with Crippen LogP contribution in [0, 0.1) is 17.2 Å². The number of nitrogens with one attached hydrogen (secondary N) is 2. The van der Waals surface area contributed by atoms with Crippen molar-refractivity contribution in [3.05, 3.63) is 17.2 Å². The minimum absolute atomic E-state index is 0.0626. The van der Waals surface area contributed by atoms with Crippen LogP contribution in [0.4, 0.5) is 0 Å². The highest BCUT2D eigenvalue weighted by Crippen LogP contribution is 2.32. The van der Waals surface area contributed by atoms with E-state index in [1.165, 1.54) is 24.2 Å². The summed E-state index contributed by atoms with van der Waals surface area (Å²) in [6.07, 6.45) is 6.70. The molecule has 0 saturated carbocycles. The van der Waals surface area contributed by atoms with E-state index in [4.69, 9.17) is 4.98 Å². The van der Waals surface area contributed by atoms with Crippen LogP contribution in [0.5, 0.6) is 0 Å². The van der Waals surface area contributed by atoms with E-state index in [1.54, 1.807) is 6.92 Å². The van der Waals surface area contributed by atoms with Crippen LogP contribution in [0.3, 0.4) is 0 Å². The molecular formula is C19H29N5O. The minimum Gasteiger partial charge on any atom is -0.344 e. The van der Waals surface area contributed by atoms with Gasteiger partial charge < -0.3 is 10.3 Å². The summed E-state index contributed by atoms with van der Waals surface area (Å²) < 4.78 is 0. The number of aromatic nitrogens is 2. The van der Waals surface area contributed by atoms with E-state index in [2.05, 4.69) is 21.3 Å². The summed E-state index contributed by atoms with van der Waals surface area (Å²) >= 11 is 0. The van der Waals surface area contributed by atoms with Crippen LogP contribution in [0.1, 0.15) is 69.7 Å². The molecule has 6 heteroatoms.